The van der Waals surface area contributed by atoms with Crippen molar-refractivity contribution in [3.05, 3.63) is 0 Å². The summed E-state index contributed by atoms with van der Waals surface area (Å²) in [5.74, 6) is 2.66. The molecule has 2 aliphatic carbocycles. The molecule has 0 aromatic rings. The average molecular weight is 224 g/mol. The molecule has 0 aromatic heterocycles. The van der Waals surface area contributed by atoms with E-state index in [9.17, 15) is 0 Å². The third-order valence-corrected chi connectivity index (χ3v) is 4.87. The molecule has 4 atom stereocenters. The molecule has 2 fully saturated rings. The number of nitrogens with two attached hydrogens (primary N) is 1. The fourth-order valence-corrected chi connectivity index (χ4v) is 3.49. The molecule has 0 aromatic carbocycles. The zero-order valence-electron chi connectivity index (χ0n) is 11.2. The van der Waals surface area contributed by atoms with E-state index in [1.54, 1.807) is 0 Å². The highest BCUT2D eigenvalue weighted by molar-refractivity contribution is 4.92. The molecule has 0 heterocycles. The first kappa shape index (κ1) is 12.4. The molecule has 2 saturated carbocycles. The summed E-state index contributed by atoms with van der Waals surface area (Å²) in [5, 5.41) is 0. The predicted molar refractivity (Wildman–Crippen MR) is 69.3 cm³/mol. The summed E-state index contributed by atoms with van der Waals surface area (Å²) in [6, 6.07) is 1.43. The van der Waals surface area contributed by atoms with Gasteiger partial charge in [0.25, 0.3) is 0 Å². The molecule has 2 rings (SSSR count). The van der Waals surface area contributed by atoms with Crippen molar-refractivity contribution < 1.29 is 0 Å². The Balaban J connectivity index is 1.97. The van der Waals surface area contributed by atoms with Crippen molar-refractivity contribution in [1.29, 1.82) is 0 Å². The minimum atomic E-state index is 0.651. The van der Waals surface area contributed by atoms with Gasteiger partial charge >= 0.3 is 0 Å². The van der Waals surface area contributed by atoms with Gasteiger partial charge in [0.15, 0.2) is 0 Å². The van der Waals surface area contributed by atoms with Gasteiger partial charge in [0.2, 0.25) is 0 Å². The van der Waals surface area contributed by atoms with Crippen molar-refractivity contribution in [2.75, 3.05) is 13.6 Å². The molecule has 2 nitrogen and oxygen atoms in total. The molecule has 0 spiro atoms. The van der Waals surface area contributed by atoms with Crippen molar-refractivity contribution in [2.24, 2.45) is 23.5 Å². The van der Waals surface area contributed by atoms with E-state index in [4.69, 9.17) is 5.73 Å². The van der Waals surface area contributed by atoms with Crippen LogP contribution in [0.3, 0.4) is 0 Å². The van der Waals surface area contributed by atoms with Crippen LogP contribution in [0.2, 0.25) is 0 Å². The normalized spacial score (nSPS) is 37.7. The van der Waals surface area contributed by atoms with Crippen molar-refractivity contribution >= 4 is 0 Å². The lowest BCUT2D eigenvalue weighted by atomic mass is 9.79. The fourth-order valence-electron chi connectivity index (χ4n) is 3.49. The number of rotatable bonds is 4. The third-order valence-electron chi connectivity index (χ3n) is 4.87. The number of likely N-dealkylation sites (N-methyl/N-ethyl adjacent to an activating group) is 1. The maximum atomic E-state index is 5.96. The lowest BCUT2D eigenvalue weighted by Crippen LogP contribution is -2.50. The first-order valence-electron chi connectivity index (χ1n) is 7.05. The maximum Gasteiger partial charge on any atom is 0.0246 e. The predicted octanol–water partition coefficient (Wildman–Crippen LogP) is 2.48. The first-order chi connectivity index (χ1) is 7.63. The Kier molecular flexibility index (Phi) is 3.91. The summed E-state index contributed by atoms with van der Waals surface area (Å²) in [6.07, 6.45) is 7.01. The highest BCUT2D eigenvalue weighted by atomic mass is 15.2. The fraction of sp³-hybridized carbons (Fsp3) is 1.00. The average Bonchev–Trinajstić information content (AvgIpc) is 3.07. The summed E-state index contributed by atoms with van der Waals surface area (Å²) in [5.41, 5.74) is 5.96. The van der Waals surface area contributed by atoms with Crippen LogP contribution in [0.1, 0.15) is 46.0 Å². The highest BCUT2D eigenvalue weighted by Crippen LogP contribution is 2.38. The Morgan fingerprint density at radius 3 is 2.44 bits per heavy atom. The van der Waals surface area contributed by atoms with Gasteiger partial charge in [0.1, 0.15) is 0 Å². The molecule has 2 N–H and O–H groups in total. The van der Waals surface area contributed by atoms with Gasteiger partial charge in [-0.2, -0.15) is 0 Å². The van der Waals surface area contributed by atoms with Crippen molar-refractivity contribution in [3.8, 4) is 0 Å². The van der Waals surface area contributed by atoms with E-state index in [0.717, 1.165) is 30.3 Å². The maximum absolute atomic E-state index is 5.96. The van der Waals surface area contributed by atoms with E-state index in [-0.39, 0.29) is 0 Å². The minimum Gasteiger partial charge on any atom is -0.329 e. The van der Waals surface area contributed by atoms with E-state index >= 15 is 0 Å². The minimum absolute atomic E-state index is 0.651. The quantitative estimate of drug-likeness (QED) is 0.795. The molecular formula is C14H28N2. The Morgan fingerprint density at radius 2 is 1.88 bits per heavy atom. The van der Waals surface area contributed by atoms with E-state index in [0.29, 0.717) is 6.04 Å². The Labute approximate surface area is 101 Å². The van der Waals surface area contributed by atoms with Crippen LogP contribution >= 0.6 is 0 Å². The van der Waals surface area contributed by atoms with Crippen LogP contribution in [0.25, 0.3) is 0 Å². The molecule has 16 heavy (non-hydrogen) atoms. The summed E-state index contributed by atoms with van der Waals surface area (Å²) in [6.45, 7) is 5.67. The van der Waals surface area contributed by atoms with Crippen LogP contribution in [0.15, 0.2) is 0 Å². The van der Waals surface area contributed by atoms with Gasteiger partial charge in [0, 0.05) is 18.6 Å². The summed E-state index contributed by atoms with van der Waals surface area (Å²) in [7, 11) is 2.31. The molecule has 0 radical (unpaired) electrons. The van der Waals surface area contributed by atoms with Gasteiger partial charge in [-0.05, 0) is 50.5 Å². The molecule has 0 amide bonds. The van der Waals surface area contributed by atoms with Crippen LogP contribution in [0.5, 0.6) is 0 Å². The highest BCUT2D eigenvalue weighted by Gasteiger charge is 2.38. The molecule has 94 valence electrons. The number of hydrogen-bond acceptors (Lipinski definition) is 2. The van der Waals surface area contributed by atoms with Crippen LogP contribution in [-0.2, 0) is 0 Å². The van der Waals surface area contributed by atoms with Gasteiger partial charge in [-0.1, -0.05) is 20.3 Å². The van der Waals surface area contributed by atoms with Gasteiger partial charge in [-0.15, -0.1) is 0 Å². The smallest absolute Gasteiger partial charge is 0.0246 e. The van der Waals surface area contributed by atoms with Crippen LogP contribution in [0.4, 0.5) is 0 Å². The van der Waals surface area contributed by atoms with Gasteiger partial charge < -0.3 is 5.73 Å². The SMILES string of the molecule is CC1CCC(C)C(N(C)C(CN)C2CC2)C1. The number of hydrogen-bond donors (Lipinski definition) is 1. The zero-order valence-corrected chi connectivity index (χ0v) is 11.2. The van der Waals surface area contributed by atoms with Crippen molar-refractivity contribution in [3.63, 3.8) is 0 Å². The number of nitrogens with zero attached hydrogens (tertiary/aromatic N) is 1. The Bertz CT molecular complexity index is 225. The molecule has 0 saturated heterocycles. The van der Waals surface area contributed by atoms with Gasteiger partial charge in [0.05, 0.1) is 0 Å². The second-order valence-electron chi connectivity index (χ2n) is 6.27. The molecular weight excluding hydrogens is 196 g/mol. The molecule has 4 unspecified atom stereocenters. The summed E-state index contributed by atoms with van der Waals surface area (Å²) in [4.78, 5) is 2.62. The topological polar surface area (TPSA) is 29.3 Å². The molecule has 0 bridgehead atoms. The lowest BCUT2D eigenvalue weighted by Gasteiger charge is -2.42. The van der Waals surface area contributed by atoms with Crippen molar-refractivity contribution in [1.82, 2.24) is 4.90 Å². The molecule has 2 aliphatic rings. The second-order valence-corrected chi connectivity index (χ2v) is 6.27. The van der Waals surface area contributed by atoms with Crippen molar-refractivity contribution in [2.45, 2.75) is 58.0 Å². The summed E-state index contributed by atoms with van der Waals surface area (Å²) < 4.78 is 0. The first-order valence-corrected chi connectivity index (χ1v) is 7.05. The Hall–Kier alpha value is -0.0800. The second kappa shape index (κ2) is 5.05. The van der Waals surface area contributed by atoms with Gasteiger partial charge in [-0.3, -0.25) is 4.90 Å². The third kappa shape index (κ3) is 2.60. The van der Waals surface area contributed by atoms with Gasteiger partial charge in [-0.25, -0.2) is 0 Å². The standard InChI is InChI=1S/C14H28N2/c1-10-4-5-11(2)13(8-10)16(3)14(9-15)12-6-7-12/h10-14H,4-9,15H2,1-3H3. The van der Waals surface area contributed by atoms with E-state index < -0.39 is 0 Å². The molecule has 2 heteroatoms. The molecule has 0 aliphatic heterocycles. The van der Waals surface area contributed by atoms with Crippen LogP contribution < -0.4 is 5.73 Å². The zero-order chi connectivity index (χ0) is 11.7. The van der Waals surface area contributed by atoms with E-state index in [1.807, 2.05) is 0 Å². The largest absolute Gasteiger partial charge is 0.329 e. The van der Waals surface area contributed by atoms with E-state index in [2.05, 4.69) is 25.8 Å². The van der Waals surface area contributed by atoms with E-state index in [1.165, 1.54) is 32.1 Å². The lowest BCUT2D eigenvalue weighted by molar-refractivity contribution is 0.0715. The van der Waals surface area contributed by atoms with Crippen LogP contribution in [-0.4, -0.2) is 30.6 Å². The monoisotopic (exact) mass is 224 g/mol. The Morgan fingerprint density at radius 1 is 1.19 bits per heavy atom. The summed E-state index contributed by atoms with van der Waals surface area (Å²) >= 11 is 0. The van der Waals surface area contributed by atoms with Crippen LogP contribution in [0, 0.1) is 17.8 Å².